The predicted octanol–water partition coefficient (Wildman–Crippen LogP) is 2.36. The minimum absolute atomic E-state index is 0.00525. The molecule has 1 N–H and O–H groups in total. The van der Waals surface area contributed by atoms with Crippen LogP contribution in [0.25, 0.3) is 10.6 Å². The first-order valence-electron chi connectivity index (χ1n) is 8.78. The van der Waals surface area contributed by atoms with Crippen LogP contribution in [0, 0.1) is 0 Å². The first kappa shape index (κ1) is 21.0. The van der Waals surface area contributed by atoms with Crippen molar-refractivity contribution in [3.05, 3.63) is 58.2 Å². The van der Waals surface area contributed by atoms with Gasteiger partial charge in [-0.2, -0.15) is 5.10 Å². The van der Waals surface area contributed by atoms with Gasteiger partial charge in [-0.25, -0.2) is 17.8 Å². The van der Waals surface area contributed by atoms with E-state index >= 15 is 0 Å². The van der Waals surface area contributed by atoms with E-state index in [9.17, 15) is 13.2 Å². The number of thiophene rings is 1. The van der Waals surface area contributed by atoms with Crippen molar-refractivity contribution in [2.45, 2.75) is 17.9 Å². The van der Waals surface area contributed by atoms with Crippen LogP contribution in [0.4, 0.5) is 0 Å². The Bertz CT molecular complexity index is 1120. The molecule has 2 aromatic heterocycles. The van der Waals surface area contributed by atoms with Crippen LogP contribution in [0.15, 0.2) is 57.5 Å². The quantitative estimate of drug-likeness (QED) is 0.518. The van der Waals surface area contributed by atoms with E-state index in [-0.39, 0.29) is 29.3 Å². The van der Waals surface area contributed by atoms with E-state index in [0.29, 0.717) is 17.9 Å². The standard InChI is InChI=1S/C19H21N3O5S2/c1-26-14-6-8-16(27-2)18(13-14)29(24,25)20-10-4-11-22-19(23)9-7-15(21-22)17-5-3-12-28-17/h3,5-9,12-13,20H,4,10-11H2,1-2H3. The smallest absolute Gasteiger partial charge is 0.266 e. The van der Waals surface area contributed by atoms with Crippen LogP contribution in [0.3, 0.4) is 0 Å². The fraction of sp³-hybridized carbons (Fsp3) is 0.263. The number of sulfonamides is 1. The summed E-state index contributed by atoms with van der Waals surface area (Å²) in [6.45, 7) is 0.426. The summed E-state index contributed by atoms with van der Waals surface area (Å²) in [6, 6.07) is 11.5. The van der Waals surface area contributed by atoms with Crippen LogP contribution >= 0.6 is 11.3 Å². The Kier molecular flexibility index (Phi) is 6.68. The number of nitrogens with zero attached hydrogens (tertiary/aromatic N) is 2. The average Bonchev–Trinajstić information content (AvgIpc) is 3.26. The molecule has 0 atom stereocenters. The van der Waals surface area contributed by atoms with Gasteiger partial charge in [0.2, 0.25) is 10.0 Å². The van der Waals surface area contributed by atoms with Gasteiger partial charge in [-0.1, -0.05) is 6.07 Å². The van der Waals surface area contributed by atoms with Crippen molar-refractivity contribution in [3.8, 4) is 22.1 Å². The Morgan fingerprint density at radius 3 is 2.66 bits per heavy atom. The number of rotatable bonds is 9. The predicted molar refractivity (Wildman–Crippen MR) is 111 cm³/mol. The average molecular weight is 436 g/mol. The third-order valence-corrected chi connectivity index (χ3v) is 6.51. The lowest BCUT2D eigenvalue weighted by atomic mass is 10.3. The van der Waals surface area contributed by atoms with E-state index in [2.05, 4.69) is 9.82 Å². The first-order chi connectivity index (χ1) is 13.9. The lowest BCUT2D eigenvalue weighted by Gasteiger charge is -2.12. The van der Waals surface area contributed by atoms with Gasteiger partial charge in [-0.3, -0.25) is 4.79 Å². The van der Waals surface area contributed by atoms with Gasteiger partial charge in [0.25, 0.3) is 5.56 Å². The van der Waals surface area contributed by atoms with Crippen LogP contribution in [0.5, 0.6) is 11.5 Å². The molecule has 2 heterocycles. The molecule has 0 aliphatic carbocycles. The van der Waals surface area contributed by atoms with Gasteiger partial charge in [0.1, 0.15) is 22.1 Å². The zero-order valence-electron chi connectivity index (χ0n) is 16.0. The fourth-order valence-corrected chi connectivity index (χ4v) is 4.62. The van der Waals surface area contributed by atoms with E-state index in [4.69, 9.17) is 9.47 Å². The van der Waals surface area contributed by atoms with E-state index < -0.39 is 10.0 Å². The van der Waals surface area contributed by atoms with Gasteiger partial charge < -0.3 is 9.47 Å². The highest BCUT2D eigenvalue weighted by Crippen LogP contribution is 2.28. The molecule has 0 bridgehead atoms. The topological polar surface area (TPSA) is 99.5 Å². The van der Waals surface area contributed by atoms with Gasteiger partial charge in [-0.15, -0.1) is 11.3 Å². The van der Waals surface area contributed by atoms with Crippen molar-refractivity contribution in [3.63, 3.8) is 0 Å². The summed E-state index contributed by atoms with van der Waals surface area (Å²) in [6.07, 6.45) is 0.395. The molecule has 0 saturated heterocycles. The van der Waals surface area contributed by atoms with Gasteiger partial charge in [0.05, 0.1) is 19.1 Å². The third-order valence-electron chi connectivity index (χ3n) is 4.14. The summed E-state index contributed by atoms with van der Waals surface area (Å²) in [5.41, 5.74) is 0.476. The second-order valence-corrected chi connectivity index (χ2v) is 8.71. The van der Waals surface area contributed by atoms with Gasteiger partial charge in [0.15, 0.2) is 0 Å². The molecule has 1 aromatic carbocycles. The normalized spacial score (nSPS) is 11.4. The molecule has 10 heteroatoms. The summed E-state index contributed by atoms with van der Waals surface area (Å²) in [5, 5.41) is 6.30. The van der Waals surface area contributed by atoms with Crippen LogP contribution in [-0.2, 0) is 16.6 Å². The van der Waals surface area contributed by atoms with Gasteiger partial charge in [-0.05, 0) is 36.1 Å². The highest BCUT2D eigenvalue weighted by atomic mass is 32.2. The van der Waals surface area contributed by atoms with Crippen LogP contribution < -0.4 is 19.8 Å². The van der Waals surface area contributed by atoms with Crippen molar-refractivity contribution in [1.29, 1.82) is 0 Å². The minimum atomic E-state index is -3.80. The van der Waals surface area contributed by atoms with Gasteiger partial charge >= 0.3 is 0 Å². The lowest BCUT2D eigenvalue weighted by molar-refractivity contribution is 0.392. The number of aryl methyl sites for hydroxylation is 1. The van der Waals surface area contributed by atoms with Crippen LogP contribution in [-0.4, -0.2) is 39.0 Å². The molecule has 3 rings (SSSR count). The van der Waals surface area contributed by atoms with Crippen molar-refractivity contribution in [2.24, 2.45) is 0 Å². The van der Waals surface area contributed by atoms with Crippen molar-refractivity contribution < 1.29 is 17.9 Å². The zero-order valence-corrected chi connectivity index (χ0v) is 17.6. The summed E-state index contributed by atoms with van der Waals surface area (Å²) >= 11 is 1.53. The monoisotopic (exact) mass is 435 g/mol. The summed E-state index contributed by atoms with van der Waals surface area (Å²) in [7, 11) is -0.944. The van der Waals surface area contributed by atoms with Crippen molar-refractivity contribution >= 4 is 21.4 Å². The Labute approximate surface area is 172 Å². The Hall–Kier alpha value is -2.69. The second kappa shape index (κ2) is 9.21. The molecule has 3 aromatic rings. The molecule has 0 saturated carbocycles. The molecule has 154 valence electrons. The molecule has 8 nitrogen and oxygen atoms in total. The van der Waals surface area contributed by atoms with E-state index in [1.807, 2.05) is 17.5 Å². The number of aromatic nitrogens is 2. The lowest BCUT2D eigenvalue weighted by Crippen LogP contribution is -2.28. The molecule has 29 heavy (non-hydrogen) atoms. The Morgan fingerprint density at radius 1 is 1.14 bits per heavy atom. The number of nitrogens with one attached hydrogen (secondary N) is 1. The number of hydrogen-bond acceptors (Lipinski definition) is 7. The number of methoxy groups -OCH3 is 2. The first-order valence-corrected chi connectivity index (χ1v) is 11.1. The molecule has 0 spiro atoms. The molecule has 0 fully saturated rings. The Morgan fingerprint density at radius 2 is 1.97 bits per heavy atom. The van der Waals surface area contributed by atoms with E-state index in [0.717, 1.165) is 4.88 Å². The molecular weight excluding hydrogens is 414 g/mol. The molecule has 0 aliphatic heterocycles. The van der Waals surface area contributed by atoms with Crippen LogP contribution in [0.1, 0.15) is 6.42 Å². The number of hydrogen-bond donors (Lipinski definition) is 1. The SMILES string of the molecule is COc1ccc(OC)c(S(=O)(=O)NCCCn2nc(-c3cccs3)ccc2=O)c1. The van der Waals surface area contributed by atoms with Crippen molar-refractivity contribution in [2.75, 3.05) is 20.8 Å². The van der Waals surface area contributed by atoms with Crippen LogP contribution in [0.2, 0.25) is 0 Å². The van der Waals surface area contributed by atoms with E-state index in [1.54, 1.807) is 12.1 Å². The Balaban J connectivity index is 1.66. The molecule has 0 radical (unpaired) electrons. The highest BCUT2D eigenvalue weighted by molar-refractivity contribution is 7.89. The van der Waals surface area contributed by atoms with E-state index in [1.165, 1.54) is 48.4 Å². The largest absolute Gasteiger partial charge is 0.497 e. The number of ether oxygens (including phenoxy) is 2. The zero-order chi connectivity index (χ0) is 20.9. The molecule has 0 aliphatic rings. The molecule has 0 amide bonds. The summed E-state index contributed by atoms with van der Waals surface area (Å²) < 4.78 is 39.4. The molecule has 0 unspecified atom stereocenters. The summed E-state index contributed by atoms with van der Waals surface area (Å²) in [4.78, 5) is 13.0. The fourth-order valence-electron chi connectivity index (χ4n) is 2.67. The number of benzene rings is 1. The maximum absolute atomic E-state index is 12.6. The minimum Gasteiger partial charge on any atom is -0.497 e. The third kappa shape index (κ3) is 5.03. The summed E-state index contributed by atoms with van der Waals surface area (Å²) in [5.74, 6) is 0.632. The second-order valence-electron chi connectivity index (χ2n) is 6.03. The maximum atomic E-state index is 12.6. The molecular formula is C19H21N3O5S2. The highest BCUT2D eigenvalue weighted by Gasteiger charge is 2.20. The van der Waals surface area contributed by atoms with Crippen molar-refractivity contribution in [1.82, 2.24) is 14.5 Å². The maximum Gasteiger partial charge on any atom is 0.266 e. The van der Waals surface area contributed by atoms with Gasteiger partial charge in [0, 0.05) is 25.2 Å².